The average molecular weight is 173 g/mol. The fourth-order valence-corrected chi connectivity index (χ4v) is 1.06. The zero-order chi connectivity index (χ0) is 9.02. The van der Waals surface area contributed by atoms with E-state index in [0.717, 1.165) is 0 Å². The largest absolute Gasteiger partial charge is 0.323 e. The van der Waals surface area contributed by atoms with Crippen LogP contribution in [0.25, 0.3) is 0 Å². The molecule has 0 saturated heterocycles. The van der Waals surface area contributed by atoms with Gasteiger partial charge in [-0.2, -0.15) is 0 Å². The van der Waals surface area contributed by atoms with Crippen LogP contribution in [0.1, 0.15) is 13.8 Å². The molecule has 0 fully saturated rings. The molecule has 1 atom stereocenters. The van der Waals surface area contributed by atoms with E-state index in [2.05, 4.69) is 12.2 Å². The number of carbonyl (C=O) groups excluding carboxylic acids is 2. The molecule has 2 N–H and O–H groups in total. The minimum atomic E-state index is -0.757. The minimum Gasteiger partial charge on any atom is -0.323 e. The molecule has 62 valence electrons. The van der Waals surface area contributed by atoms with Gasteiger partial charge in [-0.05, 0) is 19.2 Å². The van der Waals surface area contributed by atoms with Crippen molar-refractivity contribution in [2.45, 2.75) is 19.9 Å². The molecule has 0 aliphatic carbocycles. The molecule has 4 heteroatoms. The highest BCUT2D eigenvalue weighted by Gasteiger charge is 2.24. The molecule has 0 amide bonds. The zero-order valence-electron chi connectivity index (χ0n) is 6.53. The van der Waals surface area contributed by atoms with Crippen molar-refractivity contribution in [1.82, 2.24) is 0 Å². The van der Waals surface area contributed by atoms with Gasteiger partial charge in [-0.25, -0.2) is 0 Å². The number of thiocarbonyl (C=S) groups is 1. The lowest BCUT2D eigenvalue weighted by Gasteiger charge is -2.13. The molecular formula is C7H11NO2S. The number of ketones is 2. The molecule has 0 aromatic rings. The van der Waals surface area contributed by atoms with Gasteiger partial charge in [0.05, 0.1) is 5.92 Å². The fourth-order valence-electron chi connectivity index (χ4n) is 0.907. The molecule has 0 aliphatic heterocycles. The monoisotopic (exact) mass is 173 g/mol. The van der Waals surface area contributed by atoms with Crippen molar-refractivity contribution in [3.8, 4) is 0 Å². The van der Waals surface area contributed by atoms with Crippen molar-refractivity contribution >= 4 is 29.2 Å². The highest BCUT2D eigenvalue weighted by atomic mass is 32.1. The third-order valence-electron chi connectivity index (χ3n) is 1.42. The van der Waals surface area contributed by atoms with Crippen LogP contribution in [0.2, 0.25) is 0 Å². The quantitative estimate of drug-likeness (QED) is 0.484. The summed E-state index contributed by atoms with van der Waals surface area (Å²) >= 11 is 4.54. The van der Waals surface area contributed by atoms with Gasteiger partial charge in [0.1, 0.15) is 11.6 Å². The van der Waals surface area contributed by atoms with Gasteiger partial charge in [0.25, 0.3) is 0 Å². The molecule has 0 rings (SSSR count). The van der Waals surface area contributed by atoms with Crippen LogP contribution in [0.15, 0.2) is 0 Å². The van der Waals surface area contributed by atoms with E-state index in [1.807, 2.05) is 0 Å². The Balaban J connectivity index is 4.46. The van der Waals surface area contributed by atoms with Crippen LogP contribution in [0.4, 0.5) is 0 Å². The van der Waals surface area contributed by atoms with Gasteiger partial charge in [0.2, 0.25) is 0 Å². The number of hydrogen-bond acceptors (Lipinski definition) is 4. The predicted octanol–water partition coefficient (Wildman–Crippen LogP) is 0.108. The van der Waals surface area contributed by atoms with E-state index in [1.165, 1.54) is 19.2 Å². The Morgan fingerprint density at radius 2 is 1.73 bits per heavy atom. The molecule has 11 heavy (non-hydrogen) atoms. The summed E-state index contributed by atoms with van der Waals surface area (Å²) in [6.07, 6.45) is 0. The smallest absolute Gasteiger partial charge is 0.142 e. The molecule has 1 unspecified atom stereocenters. The number of nitrogens with two attached hydrogens (primary N) is 1. The second-order valence-electron chi connectivity index (χ2n) is 2.41. The summed E-state index contributed by atoms with van der Waals surface area (Å²) in [5.41, 5.74) is 5.42. The van der Waals surface area contributed by atoms with E-state index in [9.17, 15) is 9.59 Å². The van der Waals surface area contributed by atoms with Crippen LogP contribution in [0.5, 0.6) is 0 Å². The summed E-state index contributed by atoms with van der Waals surface area (Å²) in [7, 11) is 0. The normalized spacial score (nSPS) is 12.7. The van der Waals surface area contributed by atoms with Crippen LogP contribution >= 0.6 is 12.2 Å². The third-order valence-corrected chi connectivity index (χ3v) is 1.73. The van der Waals surface area contributed by atoms with Crippen molar-refractivity contribution in [3.05, 3.63) is 0 Å². The van der Waals surface area contributed by atoms with Crippen molar-refractivity contribution in [3.63, 3.8) is 0 Å². The zero-order valence-corrected chi connectivity index (χ0v) is 7.35. The molecule has 0 radical (unpaired) electrons. The lowest BCUT2D eigenvalue weighted by molar-refractivity contribution is -0.130. The highest BCUT2D eigenvalue weighted by molar-refractivity contribution is 7.79. The van der Waals surface area contributed by atoms with E-state index in [4.69, 9.17) is 5.73 Å². The summed E-state index contributed by atoms with van der Waals surface area (Å²) < 4.78 is 0. The standard InChI is InChI=1S/C7H11NO2S/c1-4(9)7(5(2)10)6(8)3-11/h3,6-7H,8H2,1-2H3. The molecule has 0 aromatic heterocycles. The van der Waals surface area contributed by atoms with Crippen LogP contribution in [0, 0.1) is 5.92 Å². The lowest BCUT2D eigenvalue weighted by Crippen LogP contribution is -2.39. The first-order chi connectivity index (χ1) is 5.00. The molecule has 3 nitrogen and oxygen atoms in total. The second kappa shape index (κ2) is 4.31. The van der Waals surface area contributed by atoms with Crippen molar-refractivity contribution in [2.24, 2.45) is 11.7 Å². The molecule has 0 saturated carbocycles. The summed E-state index contributed by atoms with van der Waals surface area (Å²) in [5, 5.41) is 1.24. The van der Waals surface area contributed by atoms with Gasteiger partial charge in [0, 0.05) is 6.04 Å². The molecule has 0 bridgehead atoms. The van der Waals surface area contributed by atoms with Crippen molar-refractivity contribution in [1.29, 1.82) is 0 Å². The van der Waals surface area contributed by atoms with Crippen LogP contribution in [-0.4, -0.2) is 23.0 Å². The molecule has 0 aliphatic rings. The minimum absolute atomic E-state index is 0.230. The molecule has 0 spiro atoms. The first-order valence-corrected chi connectivity index (χ1v) is 3.69. The van der Waals surface area contributed by atoms with Gasteiger partial charge in [0.15, 0.2) is 0 Å². The van der Waals surface area contributed by atoms with Gasteiger partial charge >= 0.3 is 0 Å². The number of hydrogen-bond donors (Lipinski definition) is 1. The predicted molar refractivity (Wildman–Crippen MR) is 46.5 cm³/mol. The maximum atomic E-state index is 10.8. The maximum absolute atomic E-state index is 10.8. The Hall–Kier alpha value is -0.610. The second-order valence-corrected chi connectivity index (χ2v) is 2.68. The average Bonchev–Trinajstić information content (AvgIpc) is 1.85. The van der Waals surface area contributed by atoms with Crippen molar-refractivity contribution in [2.75, 3.05) is 0 Å². The van der Waals surface area contributed by atoms with E-state index in [1.54, 1.807) is 0 Å². The summed E-state index contributed by atoms with van der Waals surface area (Å²) in [5.74, 6) is -1.22. The number of carbonyl (C=O) groups is 2. The SMILES string of the molecule is CC(=O)C(C(C)=O)C(N)C=S. The Kier molecular flexibility index (Phi) is 4.07. The lowest BCUT2D eigenvalue weighted by atomic mass is 9.94. The first-order valence-electron chi connectivity index (χ1n) is 3.22. The fraction of sp³-hybridized carbons (Fsp3) is 0.571. The topological polar surface area (TPSA) is 60.2 Å². The van der Waals surface area contributed by atoms with E-state index in [-0.39, 0.29) is 11.6 Å². The van der Waals surface area contributed by atoms with E-state index >= 15 is 0 Å². The molecular weight excluding hydrogens is 162 g/mol. The first kappa shape index (κ1) is 10.4. The summed E-state index contributed by atoms with van der Waals surface area (Å²) in [6, 6.07) is -0.625. The Morgan fingerprint density at radius 3 is 1.82 bits per heavy atom. The number of Topliss-reactive ketones (excluding diaryl/α,β-unsaturated/α-hetero) is 2. The third kappa shape index (κ3) is 2.86. The van der Waals surface area contributed by atoms with Gasteiger partial charge in [-0.1, -0.05) is 12.2 Å². The Bertz CT molecular complexity index is 177. The van der Waals surface area contributed by atoms with E-state index < -0.39 is 12.0 Å². The summed E-state index contributed by atoms with van der Waals surface area (Å²) in [4.78, 5) is 21.6. The van der Waals surface area contributed by atoms with Crippen molar-refractivity contribution < 1.29 is 9.59 Å². The number of rotatable bonds is 4. The van der Waals surface area contributed by atoms with Crippen LogP contribution < -0.4 is 5.73 Å². The maximum Gasteiger partial charge on any atom is 0.142 e. The van der Waals surface area contributed by atoms with Gasteiger partial charge in [-0.15, -0.1) is 0 Å². The van der Waals surface area contributed by atoms with Crippen LogP contribution in [-0.2, 0) is 9.59 Å². The van der Waals surface area contributed by atoms with Gasteiger partial charge in [-0.3, -0.25) is 9.59 Å². The van der Waals surface area contributed by atoms with Crippen LogP contribution in [0.3, 0.4) is 0 Å². The molecule has 0 aromatic carbocycles. The van der Waals surface area contributed by atoms with E-state index in [0.29, 0.717) is 0 Å². The highest BCUT2D eigenvalue weighted by Crippen LogP contribution is 2.03. The van der Waals surface area contributed by atoms with Gasteiger partial charge < -0.3 is 5.73 Å². The Morgan fingerprint density at radius 1 is 1.36 bits per heavy atom. The Labute approximate surface area is 71.0 Å². The molecule has 0 heterocycles. The summed E-state index contributed by atoms with van der Waals surface area (Å²) in [6.45, 7) is 2.68.